The van der Waals surface area contributed by atoms with E-state index >= 15 is 0 Å². The van der Waals surface area contributed by atoms with Gasteiger partial charge in [-0.2, -0.15) is 5.26 Å². The molecule has 2 nitrogen and oxygen atoms in total. The monoisotopic (exact) mass is 208 g/mol. The number of nitrogens with one attached hydrogen (secondary N) is 1. The van der Waals surface area contributed by atoms with Crippen LogP contribution in [0.3, 0.4) is 0 Å². The minimum absolute atomic E-state index is 0.311. The molecule has 2 aliphatic rings. The Labute approximate surface area is 85.0 Å². The lowest BCUT2D eigenvalue weighted by molar-refractivity contribution is 0.314. The van der Waals surface area contributed by atoms with E-state index in [-0.39, 0.29) is 0 Å². The van der Waals surface area contributed by atoms with Crippen LogP contribution in [0.2, 0.25) is 0 Å². The summed E-state index contributed by atoms with van der Waals surface area (Å²) in [4.78, 5) is 0. The molecule has 0 aromatic carbocycles. The first-order valence-electron chi connectivity index (χ1n) is 4.21. The SMILES string of the molecule is N#Cc1csc2c1C1(CNC1)CS2. The molecule has 1 aromatic heterocycles. The fraction of sp³-hybridized carbons (Fsp3) is 0.444. The van der Waals surface area contributed by atoms with Crippen molar-refractivity contribution in [3.8, 4) is 6.07 Å². The van der Waals surface area contributed by atoms with Crippen LogP contribution in [0.25, 0.3) is 0 Å². The summed E-state index contributed by atoms with van der Waals surface area (Å²) in [7, 11) is 0. The Kier molecular flexibility index (Phi) is 1.51. The molecular formula is C9H8N2S2. The average Bonchev–Trinajstić information content (AvgIpc) is 2.58. The molecule has 1 fully saturated rings. The van der Waals surface area contributed by atoms with Gasteiger partial charge in [-0.1, -0.05) is 0 Å². The highest BCUT2D eigenvalue weighted by Crippen LogP contribution is 2.50. The molecule has 1 saturated heterocycles. The summed E-state index contributed by atoms with van der Waals surface area (Å²) in [5.41, 5.74) is 2.56. The number of nitriles is 1. The van der Waals surface area contributed by atoms with Crippen LogP contribution in [0.4, 0.5) is 0 Å². The maximum absolute atomic E-state index is 8.97. The van der Waals surface area contributed by atoms with Gasteiger partial charge < -0.3 is 5.32 Å². The molecule has 0 amide bonds. The van der Waals surface area contributed by atoms with E-state index in [1.165, 1.54) is 9.77 Å². The molecule has 4 heteroatoms. The lowest BCUT2D eigenvalue weighted by Gasteiger charge is -2.39. The summed E-state index contributed by atoms with van der Waals surface area (Å²) in [6.07, 6.45) is 0. The van der Waals surface area contributed by atoms with E-state index in [1.54, 1.807) is 11.3 Å². The smallest absolute Gasteiger partial charge is 0.100 e. The number of hydrogen-bond acceptors (Lipinski definition) is 4. The van der Waals surface area contributed by atoms with Crippen molar-refractivity contribution >= 4 is 23.1 Å². The highest BCUT2D eigenvalue weighted by Gasteiger charge is 2.46. The molecule has 1 N–H and O–H groups in total. The quantitative estimate of drug-likeness (QED) is 0.703. The summed E-state index contributed by atoms with van der Waals surface area (Å²) in [5, 5.41) is 14.3. The molecule has 0 bridgehead atoms. The Bertz CT molecular complexity index is 398. The second kappa shape index (κ2) is 2.50. The molecule has 0 saturated carbocycles. The third kappa shape index (κ3) is 0.872. The maximum Gasteiger partial charge on any atom is 0.100 e. The van der Waals surface area contributed by atoms with Gasteiger partial charge in [0.1, 0.15) is 6.07 Å². The lowest BCUT2D eigenvalue weighted by atomic mass is 9.77. The van der Waals surface area contributed by atoms with E-state index in [9.17, 15) is 0 Å². The first-order valence-corrected chi connectivity index (χ1v) is 6.08. The largest absolute Gasteiger partial charge is 0.315 e. The van der Waals surface area contributed by atoms with Gasteiger partial charge in [-0.15, -0.1) is 23.1 Å². The van der Waals surface area contributed by atoms with E-state index in [2.05, 4.69) is 11.4 Å². The van der Waals surface area contributed by atoms with Crippen LogP contribution in [0.1, 0.15) is 11.1 Å². The van der Waals surface area contributed by atoms with Crippen molar-refractivity contribution in [3.05, 3.63) is 16.5 Å². The first-order chi connectivity index (χ1) is 6.36. The summed E-state index contributed by atoms with van der Waals surface area (Å²) >= 11 is 3.64. The number of thiophene rings is 1. The molecular weight excluding hydrogens is 200 g/mol. The van der Waals surface area contributed by atoms with Crippen LogP contribution in [0, 0.1) is 11.3 Å². The second-order valence-electron chi connectivity index (χ2n) is 3.60. The third-order valence-electron chi connectivity index (χ3n) is 2.81. The zero-order valence-corrected chi connectivity index (χ0v) is 8.60. The zero-order valence-electron chi connectivity index (χ0n) is 6.96. The predicted octanol–water partition coefficient (Wildman–Crippen LogP) is 1.57. The Hall–Kier alpha value is -0.500. The summed E-state index contributed by atoms with van der Waals surface area (Å²) < 4.78 is 1.37. The van der Waals surface area contributed by atoms with E-state index in [0.717, 1.165) is 24.4 Å². The minimum atomic E-state index is 0.311. The fourth-order valence-corrected chi connectivity index (χ4v) is 4.67. The topological polar surface area (TPSA) is 35.8 Å². The van der Waals surface area contributed by atoms with Crippen molar-refractivity contribution in [3.63, 3.8) is 0 Å². The van der Waals surface area contributed by atoms with Gasteiger partial charge in [0, 0.05) is 35.2 Å². The van der Waals surface area contributed by atoms with E-state index in [4.69, 9.17) is 5.26 Å². The van der Waals surface area contributed by atoms with Gasteiger partial charge in [-0.05, 0) is 0 Å². The van der Waals surface area contributed by atoms with E-state index in [0.29, 0.717) is 5.41 Å². The Morgan fingerprint density at radius 3 is 3.00 bits per heavy atom. The normalized spacial score (nSPS) is 22.4. The molecule has 0 atom stereocenters. The Morgan fingerprint density at radius 2 is 2.38 bits per heavy atom. The van der Waals surface area contributed by atoms with Crippen molar-refractivity contribution < 1.29 is 0 Å². The molecule has 1 spiro atoms. The average molecular weight is 208 g/mol. The minimum Gasteiger partial charge on any atom is -0.315 e. The highest BCUT2D eigenvalue weighted by molar-refractivity contribution is 8.01. The van der Waals surface area contributed by atoms with Gasteiger partial charge in [0.25, 0.3) is 0 Å². The van der Waals surface area contributed by atoms with Crippen LogP contribution in [-0.4, -0.2) is 18.8 Å². The van der Waals surface area contributed by atoms with E-state index in [1.807, 2.05) is 17.1 Å². The molecule has 66 valence electrons. The third-order valence-corrected chi connectivity index (χ3v) is 5.39. The molecule has 2 aliphatic heterocycles. The van der Waals surface area contributed by atoms with Gasteiger partial charge in [0.05, 0.1) is 9.77 Å². The van der Waals surface area contributed by atoms with Crippen LogP contribution < -0.4 is 5.32 Å². The highest BCUT2D eigenvalue weighted by atomic mass is 32.2. The van der Waals surface area contributed by atoms with E-state index < -0.39 is 0 Å². The predicted molar refractivity (Wildman–Crippen MR) is 54.3 cm³/mol. The van der Waals surface area contributed by atoms with Crippen molar-refractivity contribution in [1.29, 1.82) is 5.26 Å². The van der Waals surface area contributed by atoms with Gasteiger partial charge in [-0.25, -0.2) is 0 Å². The molecule has 0 aliphatic carbocycles. The van der Waals surface area contributed by atoms with Crippen LogP contribution >= 0.6 is 23.1 Å². The molecule has 13 heavy (non-hydrogen) atoms. The zero-order chi connectivity index (χ0) is 8.89. The Balaban J connectivity index is 2.18. The maximum atomic E-state index is 8.97. The van der Waals surface area contributed by atoms with Gasteiger partial charge in [-0.3, -0.25) is 0 Å². The Morgan fingerprint density at radius 1 is 1.54 bits per heavy atom. The van der Waals surface area contributed by atoms with Crippen LogP contribution in [0.15, 0.2) is 9.59 Å². The number of hydrogen-bond donors (Lipinski definition) is 1. The summed E-state index contributed by atoms with van der Waals surface area (Å²) in [5.74, 6) is 1.16. The molecule has 3 heterocycles. The number of rotatable bonds is 0. The van der Waals surface area contributed by atoms with Gasteiger partial charge in [0.15, 0.2) is 0 Å². The molecule has 0 unspecified atom stereocenters. The molecule has 1 aromatic rings. The van der Waals surface area contributed by atoms with Crippen molar-refractivity contribution in [2.75, 3.05) is 18.8 Å². The van der Waals surface area contributed by atoms with Gasteiger partial charge >= 0.3 is 0 Å². The van der Waals surface area contributed by atoms with Crippen molar-refractivity contribution in [2.24, 2.45) is 0 Å². The van der Waals surface area contributed by atoms with Crippen molar-refractivity contribution in [1.82, 2.24) is 5.32 Å². The van der Waals surface area contributed by atoms with Crippen molar-refractivity contribution in [2.45, 2.75) is 9.62 Å². The second-order valence-corrected chi connectivity index (χ2v) is 5.72. The first kappa shape index (κ1) is 7.86. The van der Waals surface area contributed by atoms with Gasteiger partial charge in [0.2, 0.25) is 0 Å². The van der Waals surface area contributed by atoms with Crippen LogP contribution in [0.5, 0.6) is 0 Å². The summed E-state index contributed by atoms with van der Waals surface area (Å²) in [6.45, 7) is 2.11. The standard InChI is InChI=1S/C9H8N2S2/c10-1-6-2-12-8-7(6)9(5-13-8)3-11-4-9/h2,11H,3-5H2. The van der Waals surface area contributed by atoms with Crippen LogP contribution in [-0.2, 0) is 5.41 Å². The number of thioether (sulfide) groups is 1. The number of nitrogens with zero attached hydrogens (tertiary/aromatic N) is 1. The molecule has 0 radical (unpaired) electrons. The summed E-state index contributed by atoms with van der Waals surface area (Å²) in [6, 6.07) is 2.30. The lowest BCUT2D eigenvalue weighted by Crippen LogP contribution is -2.57. The fourth-order valence-electron chi connectivity index (χ4n) is 2.01. The number of fused-ring (bicyclic) bond motifs is 2. The molecule has 3 rings (SSSR count).